The second-order valence-electron chi connectivity index (χ2n) is 3.76. The van der Waals surface area contributed by atoms with Crippen LogP contribution in [0.1, 0.15) is 18.9 Å². The van der Waals surface area contributed by atoms with Gasteiger partial charge in [-0.3, -0.25) is 4.90 Å². The van der Waals surface area contributed by atoms with Gasteiger partial charge < -0.3 is 5.32 Å². The maximum absolute atomic E-state index is 8.71. The molecule has 6 heteroatoms. The van der Waals surface area contributed by atoms with Crippen molar-refractivity contribution in [3.63, 3.8) is 0 Å². The van der Waals surface area contributed by atoms with Crippen LogP contribution in [0.4, 0.5) is 5.13 Å². The zero-order valence-electron chi connectivity index (χ0n) is 9.90. The average molecular weight is 239 g/mol. The summed E-state index contributed by atoms with van der Waals surface area (Å²) in [6.07, 6.45) is 0. The predicted molar refractivity (Wildman–Crippen MR) is 65.2 cm³/mol. The minimum Gasteiger partial charge on any atom is -0.360 e. The number of rotatable bonds is 6. The van der Waals surface area contributed by atoms with Gasteiger partial charge in [0.25, 0.3) is 0 Å². The Morgan fingerprint density at radius 2 is 2.31 bits per heavy atom. The molecule has 5 nitrogen and oxygen atoms in total. The predicted octanol–water partition coefficient (Wildman–Crippen LogP) is 1.56. The molecule has 0 saturated carbocycles. The molecule has 0 bridgehead atoms. The second kappa shape index (κ2) is 6.40. The molecule has 0 aliphatic rings. The molecule has 0 radical (unpaired) electrons. The first-order valence-electron chi connectivity index (χ1n) is 5.30. The van der Waals surface area contributed by atoms with E-state index < -0.39 is 0 Å². The normalized spacial score (nSPS) is 12.4. The molecule has 0 amide bonds. The van der Waals surface area contributed by atoms with Crippen LogP contribution >= 0.6 is 11.3 Å². The highest BCUT2D eigenvalue weighted by atomic mass is 32.1. The Labute approximate surface area is 100 Å². The minimum atomic E-state index is 0.0474. The highest BCUT2D eigenvalue weighted by Crippen LogP contribution is 2.16. The quantitative estimate of drug-likeness (QED) is 0.816. The van der Waals surface area contributed by atoms with Gasteiger partial charge in [-0.25, -0.2) is 0 Å². The fourth-order valence-electron chi connectivity index (χ4n) is 1.34. The lowest BCUT2D eigenvalue weighted by Gasteiger charge is -2.15. The third-order valence-corrected chi connectivity index (χ3v) is 2.87. The Morgan fingerprint density at radius 3 is 2.94 bits per heavy atom. The van der Waals surface area contributed by atoms with Crippen LogP contribution in [-0.2, 0) is 6.54 Å². The van der Waals surface area contributed by atoms with Crippen LogP contribution in [0.15, 0.2) is 0 Å². The monoisotopic (exact) mass is 239 g/mol. The summed E-state index contributed by atoms with van der Waals surface area (Å²) < 4.78 is 0. The van der Waals surface area contributed by atoms with Gasteiger partial charge in [-0.15, -0.1) is 10.2 Å². The number of hydrogen-bond donors (Lipinski definition) is 1. The van der Waals surface area contributed by atoms with Crippen LogP contribution in [0.25, 0.3) is 0 Å². The first-order chi connectivity index (χ1) is 7.65. The SMILES string of the molecule is CCNc1nnc(CN(C)CC(C)C#N)s1. The summed E-state index contributed by atoms with van der Waals surface area (Å²) in [5.41, 5.74) is 0. The van der Waals surface area contributed by atoms with E-state index in [2.05, 4.69) is 26.5 Å². The van der Waals surface area contributed by atoms with Gasteiger partial charge in [-0.1, -0.05) is 11.3 Å². The van der Waals surface area contributed by atoms with Crippen molar-refractivity contribution in [3.05, 3.63) is 5.01 Å². The summed E-state index contributed by atoms with van der Waals surface area (Å²) in [6, 6.07) is 2.22. The first-order valence-corrected chi connectivity index (χ1v) is 6.11. The highest BCUT2D eigenvalue weighted by Gasteiger charge is 2.09. The van der Waals surface area contributed by atoms with Gasteiger partial charge >= 0.3 is 0 Å². The fourth-order valence-corrected chi connectivity index (χ4v) is 2.23. The van der Waals surface area contributed by atoms with E-state index >= 15 is 0 Å². The average Bonchev–Trinajstić information content (AvgIpc) is 2.65. The molecule has 1 rings (SSSR count). The van der Waals surface area contributed by atoms with Gasteiger partial charge in [-0.2, -0.15) is 5.26 Å². The Morgan fingerprint density at radius 1 is 1.56 bits per heavy atom. The molecular formula is C10H17N5S. The topological polar surface area (TPSA) is 64.8 Å². The van der Waals surface area contributed by atoms with E-state index in [1.54, 1.807) is 11.3 Å². The molecule has 1 unspecified atom stereocenters. The summed E-state index contributed by atoms with van der Waals surface area (Å²) in [7, 11) is 1.99. The molecule has 1 N–H and O–H groups in total. The molecule has 0 fully saturated rings. The van der Waals surface area contributed by atoms with E-state index in [-0.39, 0.29) is 5.92 Å². The van der Waals surface area contributed by atoms with Gasteiger partial charge in [0.1, 0.15) is 5.01 Å². The smallest absolute Gasteiger partial charge is 0.205 e. The molecule has 1 atom stereocenters. The number of aromatic nitrogens is 2. The molecule has 0 aliphatic carbocycles. The largest absolute Gasteiger partial charge is 0.360 e. The van der Waals surface area contributed by atoms with Crippen molar-refractivity contribution in [3.8, 4) is 6.07 Å². The van der Waals surface area contributed by atoms with E-state index in [0.29, 0.717) is 0 Å². The van der Waals surface area contributed by atoms with Crippen LogP contribution in [0.5, 0.6) is 0 Å². The Hall–Kier alpha value is -1.19. The zero-order chi connectivity index (χ0) is 12.0. The molecular weight excluding hydrogens is 222 g/mol. The van der Waals surface area contributed by atoms with Crippen molar-refractivity contribution >= 4 is 16.5 Å². The van der Waals surface area contributed by atoms with E-state index in [1.807, 2.05) is 20.9 Å². The molecule has 1 aromatic rings. The third kappa shape index (κ3) is 4.13. The Balaban J connectivity index is 2.43. The Bertz CT molecular complexity index is 356. The van der Waals surface area contributed by atoms with Crippen molar-refractivity contribution in [1.29, 1.82) is 5.26 Å². The van der Waals surface area contributed by atoms with Crippen LogP contribution < -0.4 is 5.32 Å². The number of anilines is 1. The maximum Gasteiger partial charge on any atom is 0.205 e. The summed E-state index contributed by atoms with van der Waals surface area (Å²) in [5, 5.41) is 21.8. The molecule has 0 aliphatic heterocycles. The molecule has 0 saturated heterocycles. The number of nitrogens with zero attached hydrogens (tertiary/aromatic N) is 4. The van der Waals surface area contributed by atoms with Gasteiger partial charge in [0.2, 0.25) is 5.13 Å². The van der Waals surface area contributed by atoms with E-state index in [9.17, 15) is 0 Å². The number of hydrogen-bond acceptors (Lipinski definition) is 6. The van der Waals surface area contributed by atoms with Crippen molar-refractivity contribution in [2.75, 3.05) is 25.5 Å². The van der Waals surface area contributed by atoms with Crippen molar-refractivity contribution in [1.82, 2.24) is 15.1 Å². The van der Waals surface area contributed by atoms with E-state index in [4.69, 9.17) is 5.26 Å². The van der Waals surface area contributed by atoms with Crippen LogP contribution in [-0.4, -0.2) is 35.2 Å². The summed E-state index contributed by atoms with van der Waals surface area (Å²) >= 11 is 1.56. The summed E-state index contributed by atoms with van der Waals surface area (Å²) in [4.78, 5) is 2.09. The van der Waals surface area contributed by atoms with Crippen molar-refractivity contribution < 1.29 is 0 Å². The van der Waals surface area contributed by atoms with Gasteiger partial charge in [0.05, 0.1) is 18.5 Å². The molecule has 0 aromatic carbocycles. The van der Waals surface area contributed by atoms with Gasteiger partial charge in [0.15, 0.2) is 0 Å². The van der Waals surface area contributed by atoms with Crippen molar-refractivity contribution in [2.45, 2.75) is 20.4 Å². The van der Waals surface area contributed by atoms with E-state index in [0.717, 1.165) is 29.8 Å². The molecule has 16 heavy (non-hydrogen) atoms. The first kappa shape index (κ1) is 12.9. The fraction of sp³-hybridized carbons (Fsp3) is 0.700. The van der Waals surface area contributed by atoms with Gasteiger partial charge in [-0.05, 0) is 20.9 Å². The van der Waals surface area contributed by atoms with Crippen LogP contribution in [0.3, 0.4) is 0 Å². The second-order valence-corrected chi connectivity index (χ2v) is 4.82. The maximum atomic E-state index is 8.71. The summed E-state index contributed by atoms with van der Waals surface area (Å²) in [5.74, 6) is 0.0474. The summed E-state index contributed by atoms with van der Waals surface area (Å²) in [6.45, 7) is 6.31. The van der Waals surface area contributed by atoms with Crippen molar-refractivity contribution in [2.24, 2.45) is 5.92 Å². The minimum absolute atomic E-state index is 0.0474. The molecule has 1 aromatic heterocycles. The number of nitriles is 1. The lowest BCUT2D eigenvalue weighted by Crippen LogP contribution is -2.23. The van der Waals surface area contributed by atoms with Gasteiger partial charge in [0, 0.05) is 13.1 Å². The molecule has 1 heterocycles. The zero-order valence-corrected chi connectivity index (χ0v) is 10.7. The number of nitrogens with one attached hydrogen (secondary N) is 1. The molecule has 0 spiro atoms. The highest BCUT2D eigenvalue weighted by molar-refractivity contribution is 7.15. The Kier molecular flexibility index (Phi) is 5.15. The molecule has 88 valence electrons. The lowest BCUT2D eigenvalue weighted by atomic mass is 10.2. The van der Waals surface area contributed by atoms with Crippen LogP contribution in [0.2, 0.25) is 0 Å². The standard InChI is InChI=1S/C10H17N5S/c1-4-12-10-14-13-9(16-10)7-15(3)6-8(2)5-11/h8H,4,6-7H2,1-3H3,(H,12,14). The van der Waals surface area contributed by atoms with Crippen LogP contribution in [0, 0.1) is 17.2 Å². The lowest BCUT2D eigenvalue weighted by molar-refractivity contribution is 0.302. The third-order valence-electron chi connectivity index (χ3n) is 2.01. The van der Waals surface area contributed by atoms with E-state index in [1.165, 1.54) is 0 Å².